The number of nitrogens with zero attached hydrogens (tertiary/aromatic N) is 4. The molecule has 0 amide bonds. The molecule has 3 heterocycles. The minimum absolute atomic E-state index is 0.513. The summed E-state index contributed by atoms with van der Waals surface area (Å²) in [4.78, 5) is 4.98. The fraction of sp³-hybridized carbons (Fsp3) is 0.391. The second-order valence-electron chi connectivity index (χ2n) is 7.71. The first-order valence-electron chi connectivity index (χ1n) is 9.87. The highest BCUT2D eigenvalue weighted by Crippen LogP contribution is 2.35. The summed E-state index contributed by atoms with van der Waals surface area (Å²) in [6.07, 6.45) is 4.44. The van der Waals surface area contributed by atoms with E-state index in [4.69, 9.17) is 10.1 Å². The summed E-state index contributed by atoms with van der Waals surface area (Å²) in [5, 5.41) is 6.13. The number of rotatable bonds is 4. The molecule has 4 aromatic rings. The molecule has 27 heavy (non-hydrogen) atoms. The van der Waals surface area contributed by atoms with E-state index in [1.54, 1.807) is 0 Å². The first kappa shape index (κ1) is 17.8. The fourth-order valence-corrected chi connectivity index (χ4v) is 4.31. The number of imidazole rings is 1. The zero-order chi connectivity index (χ0) is 19.3. The Morgan fingerprint density at radius 3 is 2.48 bits per heavy atom. The van der Waals surface area contributed by atoms with Gasteiger partial charge in [0.2, 0.25) is 0 Å². The van der Waals surface area contributed by atoms with Crippen LogP contribution in [0.5, 0.6) is 0 Å². The molecule has 0 N–H and O–H groups in total. The van der Waals surface area contributed by atoms with Crippen molar-refractivity contribution in [2.75, 3.05) is 0 Å². The normalized spacial score (nSPS) is 12.0. The number of aromatic nitrogens is 4. The van der Waals surface area contributed by atoms with Gasteiger partial charge in [0.05, 0.1) is 17.1 Å². The monoisotopic (exact) mass is 360 g/mol. The van der Waals surface area contributed by atoms with Crippen LogP contribution in [0.1, 0.15) is 55.1 Å². The molecule has 4 rings (SSSR count). The summed E-state index contributed by atoms with van der Waals surface area (Å²) in [7, 11) is 2.11. The topological polar surface area (TPSA) is 35.1 Å². The molecular formula is C23H28N4. The minimum Gasteiger partial charge on any atom is -0.350 e. The lowest BCUT2D eigenvalue weighted by molar-refractivity contribution is 0.638. The summed E-state index contributed by atoms with van der Waals surface area (Å²) in [5.41, 5.74) is 9.21. The van der Waals surface area contributed by atoms with E-state index in [2.05, 4.69) is 81.2 Å². The van der Waals surface area contributed by atoms with Crippen molar-refractivity contribution in [2.45, 2.75) is 53.4 Å². The van der Waals surface area contributed by atoms with Gasteiger partial charge >= 0.3 is 0 Å². The van der Waals surface area contributed by atoms with Crippen LogP contribution in [-0.2, 0) is 7.05 Å². The van der Waals surface area contributed by atoms with Gasteiger partial charge in [-0.3, -0.25) is 0 Å². The summed E-state index contributed by atoms with van der Waals surface area (Å²) in [5.74, 6) is 0.513. The molecule has 0 aliphatic rings. The molecule has 0 aliphatic heterocycles. The lowest BCUT2D eigenvalue weighted by atomic mass is 9.95. The molecule has 3 aromatic heterocycles. The number of aryl methyl sites for hydroxylation is 4. The van der Waals surface area contributed by atoms with Gasteiger partial charge in [0.15, 0.2) is 5.65 Å². The molecule has 0 saturated heterocycles. The predicted octanol–water partition coefficient (Wildman–Crippen LogP) is 5.72. The molecule has 4 nitrogen and oxygen atoms in total. The van der Waals surface area contributed by atoms with Gasteiger partial charge in [-0.1, -0.05) is 25.5 Å². The summed E-state index contributed by atoms with van der Waals surface area (Å²) < 4.78 is 4.27. The largest absolute Gasteiger partial charge is 0.350 e. The Morgan fingerprint density at radius 1 is 1.04 bits per heavy atom. The van der Waals surface area contributed by atoms with Gasteiger partial charge in [0, 0.05) is 35.3 Å². The molecular weight excluding hydrogens is 332 g/mol. The van der Waals surface area contributed by atoms with Crippen molar-refractivity contribution < 1.29 is 0 Å². The Labute approximate surface area is 160 Å². The Balaban J connectivity index is 2.07. The molecule has 0 fully saturated rings. The van der Waals surface area contributed by atoms with Crippen LogP contribution in [0.25, 0.3) is 27.8 Å². The molecule has 140 valence electrons. The van der Waals surface area contributed by atoms with Gasteiger partial charge in [0.1, 0.15) is 0 Å². The van der Waals surface area contributed by atoms with Crippen molar-refractivity contribution in [2.24, 2.45) is 7.05 Å². The van der Waals surface area contributed by atoms with Gasteiger partial charge in [-0.25, -0.2) is 9.50 Å². The number of benzene rings is 1. The summed E-state index contributed by atoms with van der Waals surface area (Å²) >= 11 is 0. The number of fused-ring (bicyclic) bond motifs is 2. The fourth-order valence-electron chi connectivity index (χ4n) is 4.31. The van der Waals surface area contributed by atoms with Crippen LogP contribution in [0.4, 0.5) is 0 Å². The Hall–Kier alpha value is -2.62. The van der Waals surface area contributed by atoms with Gasteiger partial charge in [-0.15, -0.1) is 0 Å². The highest BCUT2D eigenvalue weighted by Gasteiger charge is 2.21. The molecule has 0 unspecified atom stereocenters. The van der Waals surface area contributed by atoms with Crippen LogP contribution in [-0.4, -0.2) is 19.2 Å². The molecule has 0 atom stereocenters. The quantitative estimate of drug-likeness (QED) is 0.467. The molecule has 4 heteroatoms. The Kier molecular flexibility index (Phi) is 4.29. The molecule has 0 radical (unpaired) electrons. The summed E-state index contributed by atoms with van der Waals surface area (Å²) in [6.45, 7) is 10.8. The third-order valence-electron chi connectivity index (χ3n) is 5.73. The van der Waals surface area contributed by atoms with E-state index < -0.39 is 0 Å². The Morgan fingerprint density at radius 2 is 1.78 bits per heavy atom. The van der Waals surface area contributed by atoms with E-state index in [0.717, 1.165) is 35.6 Å². The summed E-state index contributed by atoms with van der Waals surface area (Å²) in [6, 6.07) is 8.85. The highest BCUT2D eigenvalue weighted by atomic mass is 15.3. The van der Waals surface area contributed by atoms with Crippen LogP contribution in [0.3, 0.4) is 0 Å². The van der Waals surface area contributed by atoms with Crippen molar-refractivity contribution in [1.82, 2.24) is 19.2 Å². The third kappa shape index (κ3) is 2.75. The van der Waals surface area contributed by atoms with Crippen molar-refractivity contribution in [3.05, 3.63) is 53.0 Å². The lowest BCUT2D eigenvalue weighted by Crippen LogP contribution is -2.05. The first-order valence-corrected chi connectivity index (χ1v) is 9.87. The van der Waals surface area contributed by atoms with E-state index in [1.807, 2.05) is 0 Å². The maximum atomic E-state index is 4.98. The highest BCUT2D eigenvalue weighted by molar-refractivity contribution is 5.96. The van der Waals surface area contributed by atoms with Crippen LogP contribution >= 0.6 is 0 Å². The minimum atomic E-state index is 0.513. The lowest BCUT2D eigenvalue weighted by Gasteiger charge is -2.14. The number of hydrogen-bond donors (Lipinski definition) is 0. The zero-order valence-electron chi connectivity index (χ0n) is 17.2. The molecule has 1 aromatic carbocycles. The standard InChI is InChI=1S/C23H28N4/c1-7-17(8-2)18-12-15(4)25-27-22(16(5)24-23(18)27)20-13-26(6)21-10-9-14(3)11-19(20)21/h9-13,17H,7-8H2,1-6H3. The van der Waals surface area contributed by atoms with Crippen LogP contribution in [0.2, 0.25) is 0 Å². The molecule has 0 bridgehead atoms. The third-order valence-corrected chi connectivity index (χ3v) is 5.73. The van der Waals surface area contributed by atoms with Crippen molar-refractivity contribution in [3.8, 4) is 11.3 Å². The van der Waals surface area contributed by atoms with E-state index in [1.165, 1.54) is 27.6 Å². The van der Waals surface area contributed by atoms with E-state index in [0.29, 0.717) is 5.92 Å². The average Bonchev–Trinajstić information content (AvgIpc) is 3.12. The van der Waals surface area contributed by atoms with Crippen molar-refractivity contribution in [1.29, 1.82) is 0 Å². The van der Waals surface area contributed by atoms with Crippen LogP contribution in [0.15, 0.2) is 30.5 Å². The SMILES string of the molecule is CCC(CC)c1cc(C)nn2c(-c3cn(C)c4ccc(C)cc34)c(C)nc12. The van der Waals surface area contributed by atoms with Crippen LogP contribution in [0, 0.1) is 20.8 Å². The Bertz CT molecular complexity index is 1140. The smallest absolute Gasteiger partial charge is 0.157 e. The second kappa shape index (κ2) is 6.52. The molecule has 0 saturated carbocycles. The van der Waals surface area contributed by atoms with E-state index in [9.17, 15) is 0 Å². The average molecular weight is 361 g/mol. The van der Waals surface area contributed by atoms with E-state index >= 15 is 0 Å². The zero-order valence-corrected chi connectivity index (χ0v) is 17.2. The van der Waals surface area contributed by atoms with E-state index in [-0.39, 0.29) is 0 Å². The number of hydrogen-bond acceptors (Lipinski definition) is 2. The maximum absolute atomic E-state index is 4.98. The molecule has 0 aliphatic carbocycles. The second-order valence-corrected chi connectivity index (χ2v) is 7.71. The maximum Gasteiger partial charge on any atom is 0.157 e. The van der Waals surface area contributed by atoms with Crippen molar-refractivity contribution >= 4 is 16.6 Å². The molecule has 0 spiro atoms. The van der Waals surface area contributed by atoms with Gasteiger partial charge < -0.3 is 4.57 Å². The van der Waals surface area contributed by atoms with Gasteiger partial charge in [-0.2, -0.15) is 5.10 Å². The predicted molar refractivity (Wildman–Crippen MR) is 112 cm³/mol. The van der Waals surface area contributed by atoms with Crippen LogP contribution < -0.4 is 0 Å². The first-order chi connectivity index (χ1) is 12.9. The van der Waals surface area contributed by atoms with Gasteiger partial charge in [0.25, 0.3) is 0 Å². The van der Waals surface area contributed by atoms with Gasteiger partial charge in [-0.05, 0) is 57.7 Å². The van der Waals surface area contributed by atoms with Crippen molar-refractivity contribution in [3.63, 3.8) is 0 Å².